The summed E-state index contributed by atoms with van der Waals surface area (Å²) in [5.74, 6) is 0.00133. The quantitative estimate of drug-likeness (QED) is 0.159. The number of para-hydroxylation sites is 5. The summed E-state index contributed by atoms with van der Waals surface area (Å²) in [6, 6.07) is 71.2. The molecule has 272 valence electrons. The van der Waals surface area contributed by atoms with E-state index in [0.29, 0.717) is 0 Å². The van der Waals surface area contributed by atoms with Crippen LogP contribution >= 0.6 is 0 Å². The molecule has 58 heavy (non-hydrogen) atoms. The van der Waals surface area contributed by atoms with Crippen LogP contribution in [0.2, 0.25) is 0 Å². The van der Waals surface area contributed by atoms with E-state index in [0.717, 1.165) is 93.6 Å². The van der Waals surface area contributed by atoms with Crippen molar-refractivity contribution >= 4 is 65.8 Å². The predicted octanol–water partition coefficient (Wildman–Crippen LogP) is 15.6. The molecular formula is C55H34O3. The van der Waals surface area contributed by atoms with Crippen molar-refractivity contribution in [2.24, 2.45) is 0 Å². The number of rotatable bonds is 6. The van der Waals surface area contributed by atoms with E-state index in [1.54, 1.807) is 0 Å². The smallest absolute Gasteiger partial charge is 0.143 e. The van der Waals surface area contributed by atoms with Gasteiger partial charge < -0.3 is 13.3 Å². The fraction of sp³-hybridized carbons (Fsp3) is 0.0182. The Kier molecular flexibility index (Phi) is 7.29. The molecule has 0 N–H and O–H groups in total. The molecule has 12 aromatic rings. The summed E-state index contributed by atoms with van der Waals surface area (Å²) in [5, 5.41) is 6.81. The lowest BCUT2D eigenvalue weighted by Gasteiger charge is -2.20. The Bertz CT molecular complexity index is 3330. The average molecular weight is 743 g/mol. The number of hydrogen-bond acceptors (Lipinski definition) is 3. The molecule has 0 unspecified atom stereocenters. The van der Waals surface area contributed by atoms with Gasteiger partial charge in [0.2, 0.25) is 0 Å². The molecule has 0 aliphatic heterocycles. The van der Waals surface area contributed by atoms with E-state index in [1.807, 2.05) is 36.4 Å². The van der Waals surface area contributed by atoms with Crippen molar-refractivity contribution in [2.45, 2.75) is 5.92 Å². The van der Waals surface area contributed by atoms with Gasteiger partial charge in [0.05, 0.1) is 0 Å². The van der Waals surface area contributed by atoms with Gasteiger partial charge in [-0.15, -0.1) is 0 Å². The minimum absolute atomic E-state index is 0.00133. The van der Waals surface area contributed by atoms with Gasteiger partial charge in [-0.05, 0) is 69.3 Å². The fourth-order valence-corrected chi connectivity index (χ4v) is 9.01. The third-order valence-corrected chi connectivity index (χ3v) is 11.9. The van der Waals surface area contributed by atoms with E-state index in [-0.39, 0.29) is 5.92 Å². The van der Waals surface area contributed by atoms with Gasteiger partial charge >= 0.3 is 0 Å². The van der Waals surface area contributed by atoms with Gasteiger partial charge in [0, 0.05) is 49.4 Å². The van der Waals surface area contributed by atoms with Gasteiger partial charge in [0.25, 0.3) is 0 Å². The molecule has 9 aromatic carbocycles. The van der Waals surface area contributed by atoms with Crippen LogP contribution in [0.4, 0.5) is 0 Å². The standard InChI is InChI=1S/C55H34O3/c1-5-17-50-43(9-1)46-14-7-12-41(54(46)57-50)35-21-27-38(28-22-35)53(37-25-19-34(20-26-37)40-31-32-52-48(33-40)45-11-3-4-16-49(45)56-52)39-29-23-36(24-30-39)42-13-8-15-47-44-10-2-6-18-51(44)58-55(42)47/h1-33,53H. The van der Waals surface area contributed by atoms with E-state index in [1.165, 1.54) is 22.3 Å². The zero-order valence-corrected chi connectivity index (χ0v) is 31.4. The minimum Gasteiger partial charge on any atom is -0.456 e. The first kappa shape index (κ1) is 32.6. The highest BCUT2D eigenvalue weighted by molar-refractivity contribution is 6.11. The Morgan fingerprint density at radius 1 is 0.259 bits per heavy atom. The summed E-state index contributed by atoms with van der Waals surface area (Å²) in [5.41, 5.74) is 15.9. The first-order valence-corrected chi connectivity index (χ1v) is 19.8. The van der Waals surface area contributed by atoms with E-state index in [4.69, 9.17) is 13.3 Å². The minimum atomic E-state index is 0.00133. The van der Waals surface area contributed by atoms with Gasteiger partial charge in [0.15, 0.2) is 0 Å². The maximum Gasteiger partial charge on any atom is 0.143 e. The van der Waals surface area contributed by atoms with Crippen LogP contribution in [0.15, 0.2) is 213 Å². The van der Waals surface area contributed by atoms with Crippen LogP contribution in [0.25, 0.3) is 99.2 Å². The highest BCUT2D eigenvalue weighted by Crippen LogP contribution is 2.41. The predicted molar refractivity (Wildman–Crippen MR) is 238 cm³/mol. The van der Waals surface area contributed by atoms with Crippen LogP contribution in [0.3, 0.4) is 0 Å². The normalized spacial score (nSPS) is 11.9. The van der Waals surface area contributed by atoms with Crippen molar-refractivity contribution in [3.63, 3.8) is 0 Å². The number of hydrogen-bond donors (Lipinski definition) is 0. The van der Waals surface area contributed by atoms with E-state index in [9.17, 15) is 0 Å². The van der Waals surface area contributed by atoms with Crippen LogP contribution < -0.4 is 0 Å². The van der Waals surface area contributed by atoms with Gasteiger partial charge in [-0.1, -0.05) is 170 Å². The number of fused-ring (bicyclic) bond motifs is 9. The van der Waals surface area contributed by atoms with Crippen molar-refractivity contribution in [1.29, 1.82) is 0 Å². The number of furan rings is 3. The molecule has 0 bridgehead atoms. The zero-order chi connectivity index (χ0) is 38.2. The van der Waals surface area contributed by atoms with E-state index >= 15 is 0 Å². The molecule has 0 saturated carbocycles. The molecule has 3 nitrogen and oxygen atoms in total. The molecule has 0 saturated heterocycles. The molecule has 0 spiro atoms. The highest BCUT2D eigenvalue weighted by Gasteiger charge is 2.20. The molecule has 0 aliphatic rings. The second-order valence-electron chi connectivity index (χ2n) is 15.2. The lowest BCUT2D eigenvalue weighted by Crippen LogP contribution is -2.03. The summed E-state index contributed by atoms with van der Waals surface area (Å²) in [4.78, 5) is 0. The maximum atomic E-state index is 6.42. The van der Waals surface area contributed by atoms with E-state index < -0.39 is 0 Å². The Hall–Kier alpha value is -7.62. The molecule has 0 radical (unpaired) electrons. The topological polar surface area (TPSA) is 39.4 Å². The Morgan fingerprint density at radius 2 is 0.638 bits per heavy atom. The third-order valence-electron chi connectivity index (χ3n) is 11.9. The van der Waals surface area contributed by atoms with E-state index in [2.05, 4.69) is 164 Å². The molecule has 3 aromatic heterocycles. The summed E-state index contributed by atoms with van der Waals surface area (Å²) >= 11 is 0. The highest BCUT2D eigenvalue weighted by atomic mass is 16.3. The summed E-state index contributed by atoms with van der Waals surface area (Å²) in [6.07, 6.45) is 0. The molecule has 3 heterocycles. The molecule has 0 aliphatic carbocycles. The van der Waals surface area contributed by atoms with Gasteiger partial charge in [0.1, 0.15) is 33.5 Å². The van der Waals surface area contributed by atoms with Crippen molar-refractivity contribution < 1.29 is 13.3 Å². The zero-order valence-electron chi connectivity index (χ0n) is 31.4. The third kappa shape index (κ3) is 5.21. The molecule has 0 atom stereocenters. The lowest BCUT2D eigenvalue weighted by molar-refractivity contribution is 0.669. The largest absolute Gasteiger partial charge is 0.456 e. The van der Waals surface area contributed by atoms with Crippen LogP contribution in [-0.4, -0.2) is 0 Å². The first-order valence-electron chi connectivity index (χ1n) is 19.8. The molecule has 12 rings (SSSR count). The van der Waals surface area contributed by atoms with Crippen molar-refractivity contribution in [3.05, 3.63) is 217 Å². The maximum absolute atomic E-state index is 6.42. The SMILES string of the molecule is c1ccc2c(c1)oc1ccc(-c3ccc(C(c4ccc(-c5cccc6c5oc5ccccc56)cc4)c4ccc(-c5cccc6c5oc5ccccc56)cc4)cc3)cc12. The Morgan fingerprint density at radius 3 is 1.14 bits per heavy atom. The van der Waals surface area contributed by atoms with Crippen molar-refractivity contribution in [3.8, 4) is 33.4 Å². The van der Waals surface area contributed by atoms with Crippen LogP contribution in [0.1, 0.15) is 22.6 Å². The van der Waals surface area contributed by atoms with Crippen molar-refractivity contribution in [1.82, 2.24) is 0 Å². The van der Waals surface area contributed by atoms with Crippen LogP contribution in [0, 0.1) is 0 Å². The second-order valence-corrected chi connectivity index (χ2v) is 15.2. The molecule has 3 heteroatoms. The lowest BCUT2D eigenvalue weighted by atomic mass is 9.83. The second kappa shape index (κ2) is 13.0. The number of benzene rings is 9. The van der Waals surface area contributed by atoms with Crippen LogP contribution in [0.5, 0.6) is 0 Å². The first-order chi connectivity index (χ1) is 28.7. The Balaban J connectivity index is 0.947. The molecule has 0 fully saturated rings. The summed E-state index contributed by atoms with van der Waals surface area (Å²) in [6.45, 7) is 0. The van der Waals surface area contributed by atoms with Gasteiger partial charge in [-0.3, -0.25) is 0 Å². The monoisotopic (exact) mass is 742 g/mol. The van der Waals surface area contributed by atoms with Gasteiger partial charge in [-0.25, -0.2) is 0 Å². The van der Waals surface area contributed by atoms with Crippen LogP contribution in [-0.2, 0) is 0 Å². The molecule has 0 amide bonds. The Labute approximate surface area is 334 Å². The van der Waals surface area contributed by atoms with Gasteiger partial charge in [-0.2, -0.15) is 0 Å². The molecular weight excluding hydrogens is 709 g/mol. The average Bonchev–Trinajstić information content (AvgIpc) is 3.98. The fourth-order valence-electron chi connectivity index (χ4n) is 9.01. The van der Waals surface area contributed by atoms with Crippen molar-refractivity contribution in [2.75, 3.05) is 0 Å². The summed E-state index contributed by atoms with van der Waals surface area (Å²) in [7, 11) is 0. The summed E-state index contributed by atoms with van der Waals surface area (Å²) < 4.78 is 19.0.